The van der Waals surface area contributed by atoms with Gasteiger partial charge in [0.1, 0.15) is 6.04 Å². The summed E-state index contributed by atoms with van der Waals surface area (Å²) in [4.78, 5) is 34.5. The molecule has 0 saturated carbocycles. The lowest BCUT2D eigenvalue weighted by atomic mass is 10.1. The number of aromatic hydroxyl groups is 1. The third-order valence-corrected chi connectivity index (χ3v) is 4.35. The number of ketones is 1. The third-order valence-electron chi connectivity index (χ3n) is 4.35. The average Bonchev–Trinajstić information content (AvgIpc) is 3.14. The topological polar surface area (TPSA) is 149 Å². The van der Waals surface area contributed by atoms with Gasteiger partial charge in [0.25, 0.3) is 0 Å². The van der Waals surface area contributed by atoms with E-state index < -0.39 is 18.2 Å². The molecule has 0 aliphatic heterocycles. The SMILES string of the molecule is CC(=O)c1cc2c(OC(=O)OCCCC(N)C(=O)O)c3ccccc3c(O)c2o1.Cl. The molecular formula is C20H20ClNO8. The minimum absolute atomic E-state index is 0. The van der Waals surface area contributed by atoms with Gasteiger partial charge in [0, 0.05) is 17.7 Å². The molecule has 9 nitrogen and oxygen atoms in total. The Labute approximate surface area is 176 Å². The molecule has 30 heavy (non-hydrogen) atoms. The van der Waals surface area contributed by atoms with E-state index in [2.05, 4.69) is 0 Å². The number of hydrogen-bond acceptors (Lipinski definition) is 8. The van der Waals surface area contributed by atoms with Gasteiger partial charge in [-0.15, -0.1) is 12.4 Å². The van der Waals surface area contributed by atoms with Gasteiger partial charge in [0.05, 0.1) is 12.0 Å². The standard InChI is InChI=1S/C20H19NO8.ClH/c1-10(22)15-9-13-17(29-20(26)27-8-4-7-14(21)19(24)25)12-6-3-2-5-11(12)16(23)18(13)28-15;/h2-3,5-6,9,14,23H,4,7-8,21H2,1H3,(H,24,25);1H. The fourth-order valence-electron chi connectivity index (χ4n) is 2.87. The van der Waals surface area contributed by atoms with E-state index in [1.807, 2.05) is 0 Å². The van der Waals surface area contributed by atoms with Crippen LogP contribution >= 0.6 is 12.4 Å². The van der Waals surface area contributed by atoms with Crippen molar-refractivity contribution >= 4 is 52.1 Å². The van der Waals surface area contributed by atoms with Gasteiger partial charge in [-0.3, -0.25) is 9.59 Å². The third kappa shape index (κ3) is 4.64. The van der Waals surface area contributed by atoms with E-state index >= 15 is 0 Å². The Morgan fingerprint density at radius 3 is 2.47 bits per heavy atom. The lowest BCUT2D eigenvalue weighted by Gasteiger charge is -2.11. The van der Waals surface area contributed by atoms with Crippen LogP contribution in [0.2, 0.25) is 0 Å². The van der Waals surface area contributed by atoms with Gasteiger partial charge in [0.2, 0.25) is 0 Å². The number of carboxylic acids is 1. The number of rotatable bonds is 7. The smallest absolute Gasteiger partial charge is 0.504 e. The van der Waals surface area contributed by atoms with Crippen molar-refractivity contribution in [3.8, 4) is 11.5 Å². The molecule has 1 unspecified atom stereocenters. The fourth-order valence-corrected chi connectivity index (χ4v) is 2.87. The Hall–Kier alpha value is -3.30. The Kier molecular flexibility index (Phi) is 7.25. The summed E-state index contributed by atoms with van der Waals surface area (Å²) in [6, 6.07) is 7.00. The summed E-state index contributed by atoms with van der Waals surface area (Å²) in [6.07, 6.45) is -0.635. The van der Waals surface area contributed by atoms with Crippen molar-refractivity contribution in [1.82, 2.24) is 0 Å². The first-order valence-electron chi connectivity index (χ1n) is 8.80. The number of carbonyl (C=O) groups is 3. The Bertz CT molecular complexity index is 1110. The second-order valence-electron chi connectivity index (χ2n) is 6.42. The maximum atomic E-state index is 12.2. The van der Waals surface area contributed by atoms with Crippen molar-refractivity contribution in [3.05, 3.63) is 36.1 Å². The predicted octanol–water partition coefficient (Wildman–Crippen LogP) is 3.62. The van der Waals surface area contributed by atoms with Crippen molar-refractivity contribution in [2.45, 2.75) is 25.8 Å². The molecule has 0 aliphatic rings. The van der Waals surface area contributed by atoms with Gasteiger partial charge in [-0.1, -0.05) is 24.3 Å². The van der Waals surface area contributed by atoms with E-state index in [4.69, 9.17) is 24.7 Å². The zero-order chi connectivity index (χ0) is 21.1. The highest BCUT2D eigenvalue weighted by Gasteiger charge is 2.22. The first kappa shape index (κ1) is 23.0. The highest BCUT2D eigenvalue weighted by atomic mass is 35.5. The highest BCUT2D eigenvalue weighted by Crippen LogP contribution is 2.43. The molecule has 0 aliphatic carbocycles. The Balaban J connectivity index is 0.00000320. The predicted molar refractivity (Wildman–Crippen MR) is 109 cm³/mol. The normalized spacial score (nSPS) is 11.7. The molecule has 1 atom stereocenters. The summed E-state index contributed by atoms with van der Waals surface area (Å²) in [5.74, 6) is -1.57. The Morgan fingerprint density at radius 2 is 1.83 bits per heavy atom. The number of furan rings is 1. The van der Waals surface area contributed by atoms with Crippen LogP contribution in [0.25, 0.3) is 21.7 Å². The van der Waals surface area contributed by atoms with E-state index in [0.29, 0.717) is 10.8 Å². The van der Waals surface area contributed by atoms with Crippen molar-refractivity contribution < 1.29 is 38.5 Å². The van der Waals surface area contributed by atoms with Crippen LogP contribution in [0.5, 0.6) is 11.5 Å². The van der Waals surface area contributed by atoms with Crippen LogP contribution in [0.4, 0.5) is 4.79 Å². The maximum Gasteiger partial charge on any atom is 0.513 e. The number of halogens is 1. The number of carbonyl (C=O) groups excluding carboxylic acids is 2. The maximum absolute atomic E-state index is 12.2. The summed E-state index contributed by atoms with van der Waals surface area (Å²) < 4.78 is 15.8. The molecule has 160 valence electrons. The summed E-state index contributed by atoms with van der Waals surface area (Å²) in [7, 11) is 0. The minimum atomic E-state index is -1.13. The second-order valence-corrected chi connectivity index (χ2v) is 6.42. The van der Waals surface area contributed by atoms with Gasteiger partial charge < -0.3 is 29.8 Å². The summed E-state index contributed by atoms with van der Waals surface area (Å²) in [5, 5.41) is 20.3. The largest absolute Gasteiger partial charge is 0.513 e. The molecule has 3 aromatic rings. The molecule has 3 rings (SSSR count). The molecule has 0 spiro atoms. The summed E-state index contributed by atoms with van der Waals surface area (Å²) in [5.41, 5.74) is 5.41. The van der Waals surface area contributed by atoms with Crippen LogP contribution in [0.3, 0.4) is 0 Å². The molecule has 0 amide bonds. The van der Waals surface area contributed by atoms with Crippen LogP contribution < -0.4 is 10.5 Å². The number of nitrogens with two attached hydrogens (primary N) is 1. The number of fused-ring (bicyclic) bond motifs is 2. The van der Waals surface area contributed by atoms with Crippen LogP contribution in [-0.4, -0.2) is 40.8 Å². The first-order chi connectivity index (χ1) is 13.8. The van der Waals surface area contributed by atoms with Crippen LogP contribution in [0.15, 0.2) is 34.7 Å². The number of Topliss-reactive ketones (excluding diaryl/α,β-unsaturated/α-hetero) is 1. The molecule has 0 fully saturated rings. The van der Waals surface area contributed by atoms with Gasteiger partial charge in [-0.05, 0) is 18.9 Å². The lowest BCUT2D eigenvalue weighted by Crippen LogP contribution is -2.30. The second kappa shape index (κ2) is 9.47. The van der Waals surface area contributed by atoms with Gasteiger partial charge in [-0.2, -0.15) is 0 Å². The van der Waals surface area contributed by atoms with Gasteiger partial charge >= 0.3 is 12.1 Å². The zero-order valence-electron chi connectivity index (χ0n) is 15.9. The number of phenols is 1. The Morgan fingerprint density at radius 1 is 1.17 bits per heavy atom. The van der Waals surface area contributed by atoms with Crippen LogP contribution in [0, 0.1) is 0 Å². The fraction of sp³-hybridized carbons (Fsp3) is 0.250. The molecule has 0 radical (unpaired) electrons. The van der Waals surface area contributed by atoms with Crippen LogP contribution in [0.1, 0.15) is 30.3 Å². The number of hydrogen-bond donors (Lipinski definition) is 3. The van der Waals surface area contributed by atoms with Gasteiger partial charge in [0.15, 0.2) is 28.6 Å². The highest BCUT2D eigenvalue weighted by molar-refractivity contribution is 6.11. The van der Waals surface area contributed by atoms with Crippen molar-refractivity contribution in [3.63, 3.8) is 0 Å². The van der Waals surface area contributed by atoms with Gasteiger partial charge in [-0.25, -0.2) is 4.79 Å². The number of phenolic OH excluding ortho intramolecular Hbond substituents is 1. The van der Waals surface area contributed by atoms with E-state index in [-0.39, 0.29) is 65.9 Å². The molecular weight excluding hydrogens is 418 g/mol. The van der Waals surface area contributed by atoms with E-state index in [1.165, 1.54) is 13.0 Å². The lowest BCUT2D eigenvalue weighted by molar-refractivity contribution is -0.138. The summed E-state index contributed by atoms with van der Waals surface area (Å²) in [6.45, 7) is 1.23. The average molecular weight is 438 g/mol. The van der Waals surface area contributed by atoms with Crippen molar-refractivity contribution in [2.24, 2.45) is 5.73 Å². The monoisotopic (exact) mass is 437 g/mol. The molecule has 2 aromatic carbocycles. The van der Waals surface area contributed by atoms with Crippen molar-refractivity contribution in [1.29, 1.82) is 0 Å². The molecule has 0 saturated heterocycles. The summed E-state index contributed by atoms with van der Waals surface area (Å²) >= 11 is 0. The van der Waals surface area contributed by atoms with E-state index in [0.717, 1.165) is 0 Å². The minimum Gasteiger partial charge on any atom is -0.504 e. The molecule has 1 heterocycles. The number of aliphatic carboxylic acids is 1. The number of ether oxygens (including phenoxy) is 2. The van der Waals surface area contributed by atoms with Crippen LogP contribution in [-0.2, 0) is 9.53 Å². The molecule has 0 bridgehead atoms. The molecule has 10 heteroatoms. The zero-order valence-corrected chi connectivity index (χ0v) is 16.7. The quantitative estimate of drug-likeness (QED) is 0.218. The van der Waals surface area contributed by atoms with E-state index in [1.54, 1.807) is 24.3 Å². The van der Waals surface area contributed by atoms with Crippen molar-refractivity contribution in [2.75, 3.05) is 6.61 Å². The molecule has 4 N–H and O–H groups in total. The number of carboxylic acid groups (broad SMARTS) is 1. The molecule has 1 aromatic heterocycles. The van der Waals surface area contributed by atoms with E-state index in [9.17, 15) is 19.5 Å². The number of benzene rings is 2. The first-order valence-corrected chi connectivity index (χ1v) is 8.80.